The van der Waals surface area contributed by atoms with Crippen LogP contribution in [0, 0.1) is 5.92 Å². The summed E-state index contributed by atoms with van der Waals surface area (Å²) < 4.78 is 12.6. The Kier molecular flexibility index (Phi) is 4.62. The van der Waals surface area contributed by atoms with Gasteiger partial charge in [-0.15, -0.1) is 0 Å². The predicted molar refractivity (Wildman–Crippen MR) is 84.7 cm³/mol. The molecule has 0 aliphatic carbocycles. The van der Waals surface area contributed by atoms with E-state index in [-0.39, 0.29) is 5.56 Å². The Bertz CT molecular complexity index is 690. The van der Waals surface area contributed by atoms with E-state index in [0.29, 0.717) is 11.7 Å². The summed E-state index contributed by atoms with van der Waals surface area (Å²) in [5.41, 5.74) is 0.916. The SMILES string of the molecule is COc1ccc(-c2nccn2CCC2CCOC2)cc1C(=O)O. The van der Waals surface area contributed by atoms with Gasteiger partial charge < -0.3 is 19.1 Å². The van der Waals surface area contributed by atoms with E-state index in [1.807, 2.05) is 12.3 Å². The maximum atomic E-state index is 11.4. The average Bonchev–Trinajstić information content (AvgIpc) is 3.23. The highest BCUT2D eigenvalue weighted by Gasteiger charge is 2.17. The highest BCUT2D eigenvalue weighted by Crippen LogP contribution is 2.26. The van der Waals surface area contributed by atoms with Gasteiger partial charge in [-0.05, 0) is 37.0 Å². The Hall–Kier alpha value is -2.34. The monoisotopic (exact) mass is 316 g/mol. The van der Waals surface area contributed by atoms with Gasteiger partial charge in [0.15, 0.2) is 0 Å². The van der Waals surface area contributed by atoms with Crippen molar-refractivity contribution >= 4 is 5.97 Å². The molecule has 1 aromatic carbocycles. The van der Waals surface area contributed by atoms with E-state index >= 15 is 0 Å². The van der Waals surface area contributed by atoms with E-state index in [4.69, 9.17) is 9.47 Å². The number of rotatable bonds is 6. The summed E-state index contributed by atoms with van der Waals surface area (Å²) in [5, 5.41) is 9.31. The van der Waals surface area contributed by atoms with Gasteiger partial charge in [0.25, 0.3) is 0 Å². The third kappa shape index (κ3) is 3.37. The molecule has 1 N–H and O–H groups in total. The topological polar surface area (TPSA) is 73.6 Å². The Morgan fingerprint density at radius 2 is 2.39 bits per heavy atom. The van der Waals surface area contributed by atoms with Crippen LogP contribution in [0.2, 0.25) is 0 Å². The van der Waals surface area contributed by atoms with Crippen LogP contribution in [0.4, 0.5) is 0 Å². The van der Waals surface area contributed by atoms with Crippen LogP contribution in [0.3, 0.4) is 0 Å². The lowest BCUT2D eigenvalue weighted by molar-refractivity contribution is 0.0693. The van der Waals surface area contributed by atoms with Crippen molar-refractivity contribution in [1.29, 1.82) is 0 Å². The lowest BCUT2D eigenvalue weighted by Gasteiger charge is -2.12. The lowest BCUT2D eigenvalue weighted by atomic mass is 10.1. The molecular weight excluding hydrogens is 296 g/mol. The van der Waals surface area contributed by atoms with Crippen molar-refractivity contribution in [1.82, 2.24) is 9.55 Å². The number of benzene rings is 1. The summed E-state index contributed by atoms with van der Waals surface area (Å²) in [6.45, 7) is 2.52. The molecule has 1 saturated heterocycles. The van der Waals surface area contributed by atoms with Crippen molar-refractivity contribution < 1.29 is 19.4 Å². The molecule has 1 atom stereocenters. The molecule has 1 fully saturated rings. The van der Waals surface area contributed by atoms with Crippen LogP contribution in [0.1, 0.15) is 23.2 Å². The molecule has 1 aliphatic rings. The number of imidazole rings is 1. The highest BCUT2D eigenvalue weighted by molar-refractivity contribution is 5.92. The zero-order valence-corrected chi connectivity index (χ0v) is 13.1. The molecule has 6 nitrogen and oxygen atoms in total. The summed E-state index contributed by atoms with van der Waals surface area (Å²) in [4.78, 5) is 15.8. The number of aromatic carboxylic acids is 1. The van der Waals surface area contributed by atoms with E-state index in [2.05, 4.69) is 9.55 Å². The first-order chi connectivity index (χ1) is 11.2. The minimum atomic E-state index is -1.01. The van der Waals surface area contributed by atoms with Crippen LogP contribution in [0.25, 0.3) is 11.4 Å². The van der Waals surface area contributed by atoms with Gasteiger partial charge in [-0.25, -0.2) is 9.78 Å². The summed E-state index contributed by atoms with van der Waals surface area (Å²) >= 11 is 0. The Labute approximate surface area is 134 Å². The molecule has 23 heavy (non-hydrogen) atoms. The molecule has 1 aromatic heterocycles. The van der Waals surface area contributed by atoms with Crippen molar-refractivity contribution in [2.75, 3.05) is 20.3 Å². The molecule has 0 spiro atoms. The third-order valence-electron chi connectivity index (χ3n) is 4.21. The summed E-state index contributed by atoms with van der Waals surface area (Å²) in [5.74, 6) is 0.706. The molecule has 0 saturated carbocycles. The van der Waals surface area contributed by atoms with E-state index in [0.717, 1.165) is 44.0 Å². The van der Waals surface area contributed by atoms with Crippen molar-refractivity contribution in [2.45, 2.75) is 19.4 Å². The summed E-state index contributed by atoms with van der Waals surface area (Å²) in [6.07, 6.45) is 5.81. The number of hydrogen-bond donors (Lipinski definition) is 1. The molecule has 6 heteroatoms. The fourth-order valence-corrected chi connectivity index (χ4v) is 2.90. The van der Waals surface area contributed by atoms with Crippen LogP contribution >= 0.6 is 0 Å². The van der Waals surface area contributed by atoms with Crippen molar-refractivity contribution in [3.05, 3.63) is 36.2 Å². The number of carboxylic acids is 1. The quantitative estimate of drug-likeness (QED) is 0.887. The number of ether oxygens (including phenoxy) is 2. The zero-order valence-electron chi connectivity index (χ0n) is 13.1. The van der Waals surface area contributed by atoms with E-state index < -0.39 is 5.97 Å². The largest absolute Gasteiger partial charge is 0.496 e. The molecular formula is C17H20N2O4. The smallest absolute Gasteiger partial charge is 0.339 e. The van der Waals surface area contributed by atoms with E-state index in [1.165, 1.54) is 7.11 Å². The molecule has 2 aromatic rings. The lowest BCUT2D eigenvalue weighted by Crippen LogP contribution is -2.07. The van der Waals surface area contributed by atoms with Gasteiger partial charge in [-0.3, -0.25) is 0 Å². The maximum Gasteiger partial charge on any atom is 0.339 e. The minimum absolute atomic E-state index is 0.142. The first-order valence-corrected chi connectivity index (χ1v) is 7.69. The first kappa shape index (κ1) is 15.6. The van der Waals surface area contributed by atoms with Crippen LogP contribution in [-0.4, -0.2) is 41.0 Å². The van der Waals surface area contributed by atoms with Crippen molar-refractivity contribution in [3.63, 3.8) is 0 Å². The molecule has 0 radical (unpaired) electrons. The van der Waals surface area contributed by atoms with Gasteiger partial charge in [0.05, 0.1) is 7.11 Å². The molecule has 1 aliphatic heterocycles. The molecule has 3 rings (SSSR count). The second kappa shape index (κ2) is 6.83. The number of methoxy groups -OCH3 is 1. The third-order valence-corrected chi connectivity index (χ3v) is 4.21. The fraction of sp³-hybridized carbons (Fsp3) is 0.412. The number of nitrogens with zero attached hydrogens (tertiary/aromatic N) is 2. The van der Waals surface area contributed by atoms with Gasteiger partial charge in [0.2, 0.25) is 0 Å². The molecule has 0 bridgehead atoms. The van der Waals surface area contributed by atoms with E-state index in [9.17, 15) is 9.90 Å². The van der Waals surface area contributed by atoms with Gasteiger partial charge in [-0.1, -0.05) is 0 Å². The number of hydrogen-bond acceptors (Lipinski definition) is 4. The Morgan fingerprint density at radius 3 is 3.09 bits per heavy atom. The van der Waals surface area contributed by atoms with Gasteiger partial charge in [0.1, 0.15) is 17.1 Å². The van der Waals surface area contributed by atoms with Crippen molar-refractivity contribution in [2.24, 2.45) is 5.92 Å². The fourth-order valence-electron chi connectivity index (χ4n) is 2.90. The molecule has 2 heterocycles. The molecule has 1 unspecified atom stereocenters. The highest BCUT2D eigenvalue weighted by atomic mass is 16.5. The maximum absolute atomic E-state index is 11.4. The Balaban J connectivity index is 1.83. The van der Waals surface area contributed by atoms with Crippen LogP contribution < -0.4 is 4.74 Å². The average molecular weight is 316 g/mol. The van der Waals surface area contributed by atoms with E-state index in [1.54, 1.807) is 18.3 Å². The van der Waals surface area contributed by atoms with Gasteiger partial charge in [-0.2, -0.15) is 0 Å². The van der Waals surface area contributed by atoms with Crippen LogP contribution in [-0.2, 0) is 11.3 Å². The van der Waals surface area contributed by atoms with Gasteiger partial charge in [0, 0.05) is 37.7 Å². The number of aryl methyl sites for hydroxylation is 1. The predicted octanol–water partition coefficient (Wildman–Crippen LogP) is 2.68. The minimum Gasteiger partial charge on any atom is -0.496 e. The van der Waals surface area contributed by atoms with Crippen molar-refractivity contribution in [3.8, 4) is 17.1 Å². The Morgan fingerprint density at radius 1 is 1.52 bits per heavy atom. The zero-order chi connectivity index (χ0) is 16.2. The normalized spacial score (nSPS) is 17.3. The summed E-state index contributed by atoms with van der Waals surface area (Å²) in [6, 6.07) is 5.12. The second-order valence-corrected chi connectivity index (χ2v) is 5.68. The number of aromatic nitrogens is 2. The van der Waals surface area contributed by atoms with Gasteiger partial charge >= 0.3 is 5.97 Å². The van der Waals surface area contributed by atoms with Crippen LogP contribution in [0.5, 0.6) is 5.75 Å². The number of carboxylic acid groups (broad SMARTS) is 1. The second-order valence-electron chi connectivity index (χ2n) is 5.68. The number of carbonyl (C=O) groups is 1. The standard InChI is InChI=1S/C17H20N2O4/c1-22-15-3-2-13(10-14(15)17(20)21)16-18-6-8-19(16)7-4-12-5-9-23-11-12/h2-3,6,8,10,12H,4-5,7,9,11H2,1H3,(H,20,21). The summed E-state index contributed by atoms with van der Waals surface area (Å²) in [7, 11) is 1.46. The first-order valence-electron chi connectivity index (χ1n) is 7.69. The van der Waals surface area contributed by atoms with Crippen LogP contribution in [0.15, 0.2) is 30.6 Å². The molecule has 0 amide bonds. The molecule has 122 valence electrons.